The first-order chi connectivity index (χ1) is 10.2. The number of rotatable bonds is 6. The van der Waals surface area contributed by atoms with Crippen LogP contribution < -0.4 is 5.32 Å². The molecule has 3 heterocycles. The average molecular weight is 288 g/mol. The van der Waals surface area contributed by atoms with Crippen LogP contribution in [0.1, 0.15) is 48.5 Å². The van der Waals surface area contributed by atoms with Crippen molar-refractivity contribution in [2.24, 2.45) is 0 Å². The number of aromatic nitrogens is 5. The Morgan fingerprint density at radius 1 is 1.52 bits per heavy atom. The molecule has 0 amide bonds. The predicted molar refractivity (Wildman–Crippen MR) is 77.2 cm³/mol. The molecule has 1 unspecified atom stereocenters. The zero-order chi connectivity index (χ0) is 14.8. The molecular formula is C14H20N6O. The lowest BCUT2D eigenvalue weighted by Gasteiger charge is -2.26. The van der Waals surface area contributed by atoms with Gasteiger partial charge in [-0.25, -0.2) is 4.68 Å². The summed E-state index contributed by atoms with van der Waals surface area (Å²) in [7, 11) is 0. The zero-order valence-electron chi connectivity index (χ0n) is 12.4. The summed E-state index contributed by atoms with van der Waals surface area (Å²) in [5, 5.41) is 15.6. The quantitative estimate of drug-likeness (QED) is 0.803. The average Bonchev–Trinajstić information content (AvgIpc) is 3.05. The molecule has 1 aliphatic rings. The van der Waals surface area contributed by atoms with E-state index >= 15 is 0 Å². The summed E-state index contributed by atoms with van der Waals surface area (Å²) in [4.78, 5) is 12.2. The summed E-state index contributed by atoms with van der Waals surface area (Å²) in [6, 6.07) is 2.56. The molecule has 1 atom stereocenters. The van der Waals surface area contributed by atoms with Crippen molar-refractivity contribution in [2.45, 2.75) is 38.8 Å². The molecule has 1 fully saturated rings. The summed E-state index contributed by atoms with van der Waals surface area (Å²) in [5.74, 6) is -0.0389. The minimum atomic E-state index is -0.0389. The summed E-state index contributed by atoms with van der Waals surface area (Å²) in [6.45, 7) is 5.99. The number of carbonyl (C=O) groups is 1. The second-order valence-corrected chi connectivity index (χ2v) is 5.54. The number of nitrogens with zero attached hydrogens (tertiary/aromatic N) is 5. The SMILES string of the molecule is CCC(C)n1ccc(CC(=O)c2cn(C3CNC3)nn2)n1. The standard InChI is InChI=1S/C14H20N6O/c1-3-10(2)19-5-4-11(17-19)6-14(21)13-9-20(18-16-13)12-7-15-8-12/h4-5,9-10,12,15H,3,6-8H2,1-2H3. The van der Waals surface area contributed by atoms with Gasteiger partial charge in [0.2, 0.25) is 0 Å². The molecule has 1 N–H and O–H groups in total. The van der Waals surface area contributed by atoms with Crippen LogP contribution in [0.3, 0.4) is 0 Å². The van der Waals surface area contributed by atoms with E-state index in [0.717, 1.165) is 25.2 Å². The van der Waals surface area contributed by atoms with Gasteiger partial charge in [0.15, 0.2) is 5.78 Å². The van der Waals surface area contributed by atoms with E-state index < -0.39 is 0 Å². The molecular weight excluding hydrogens is 268 g/mol. The van der Waals surface area contributed by atoms with Gasteiger partial charge in [0.05, 0.1) is 24.4 Å². The minimum absolute atomic E-state index is 0.0389. The molecule has 0 spiro atoms. The van der Waals surface area contributed by atoms with Crippen molar-refractivity contribution in [3.63, 3.8) is 0 Å². The van der Waals surface area contributed by atoms with E-state index in [2.05, 4.69) is 34.6 Å². The molecule has 21 heavy (non-hydrogen) atoms. The Bertz CT molecular complexity index is 627. The summed E-state index contributed by atoms with van der Waals surface area (Å²) >= 11 is 0. The first kappa shape index (κ1) is 13.9. The molecule has 1 saturated heterocycles. The van der Waals surface area contributed by atoms with Crippen molar-refractivity contribution >= 4 is 5.78 Å². The summed E-state index contributed by atoms with van der Waals surface area (Å²) < 4.78 is 3.67. The molecule has 2 aromatic rings. The summed E-state index contributed by atoms with van der Waals surface area (Å²) in [6.07, 6.45) is 4.94. The van der Waals surface area contributed by atoms with Crippen LogP contribution in [-0.4, -0.2) is 43.6 Å². The van der Waals surface area contributed by atoms with Crippen LogP contribution in [0.5, 0.6) is 0 Å². The van der Waals surface area contributed by atoms with Gasteiger partial charge in [-0.1, -0.05) is 12.1 Å². The molecule has 2 aromatic heterocycles. The molecule has 0 saturated carbocycles. The van der Waals surface area contributed by atoms with Crippen LogP contribution in [0.15, 0.2) is 18.5 Å². The van der Waals surface area contributed by atoms with Gasteiger partial charge in [-0.05, 0) is 19.4 Å². The topological polar surface area (TPSA) is 77.6 Å². The Hall–Kier alpha value is -2.02. The van der Waals surface area contributed by atoms with Gasteiger partial charge in [-0.2, -0.15) is 5.10 Å². The monoisotopic (exact) mass is 288 g/mol. The fourth-order valence-corrected chi connectivity index (χ4v) is 2.20. The van der Waals surface area contributed by atoms with Crippen molar-refractivity contribution < 1.29 is 4.79 Å². The lowest BCUT2D eigenvalue weighted by molar-refractivity contribution is 0.0986. The molecule has 3 rings (SSSR count). The highest BCUT2D eigenvalue weighted by Gasteiger charge is 2.22. The highest BCUT2D eigenvalue weighted by atomic mass is 16.1. The Morgan fingerprint density at radius 2 is 2.33 bits per heavy atom. The number of nitrogens with one attached hydrogen (secondary N) is 1. The van der Waals surface area contributed by atoms with Gasteiger partial charge in [0.25, 0.3) is 0 Å². The van der Waals surface area contributed by atoms with Crippen LogP contribution >= 0.6 is 0 Å². The Morgan fingerprint density at radius 3 is 3.00 bits per heavy atom. The smallest absolute Gasteiger partial charge is 0.190 e. The van der Waals surface area contributed by atoms with Crippen LogP contribution in [0.2, 0.25) is 0 Å². The van der Waals surface area contributed by atoms with E-state index in [1.807, 2.05) is 16.9 Å². The largest absolute Gasteiger partial charge is 0.312 e. The second kappa shape index (κ2) is 5.77. The Kier molecular flexibility index (Phi) is 3.83. The number of hydrogen-bond donors (Lipinski definition) is 1. The van der Waals surface area contributed by atoms with Crippen LogP contribution in [0.25, 0.3) is 0 Å². The molecule has 0 bridgehead atoms. The lowest BCUT2D eigenvalue weighted by atomic mass is 10.1. The number of carbonyl (C=O) groups excluding carboxylic acids is 1. The molecule has 112 valence electrons. The predicted octanol–water partition coefficient (Wildman–Crippen LogP) is 1.02. The third-order valence-electron chi connectivity index (χ3n) is 3.98. The van der Waals surface area contributed by atoms with Gasteiger partial charge in [0.1, 0.15) is 5.69 Å². The molecule has 7 nitrogen and oxygen atoms in total. The van der Waals surface area contributed by atoms with Crippen LogP contribution in [0.4, 0.5) is 0 Å². The van der Waals surface area contributed by atoms with Crippen molar-refractivity contribution in [3.05, 3.63) is 29.8 Å². The van der Waals surface area contributed by atoms with Gasteiger partial charge in [-0.15, -0.1) is 5.10 Å². The maximum atomic E-state index is 12.2. The fraction of sp³-hybridized carbons (Fsp3) is 0.571. The first-order valence-corrected chi connectivity index (χ1v) is 7.37. The van der Waals surface area contributed by atoms with Gasteiger partial charge in [-0.3, -0.25) is 9.48 Å². The van der Waals surface area contributed by atoms with Gasteiger partial charge < -0.3 is 5.32 Å². The molecule has 0 aliphatic carbocycles. The van der Waals surface area contributed by atoms with E-state index in [-0.39, 0.29) is 12.2 Å². The van der Waals surface area contributed by atoms with Crippen molar-refractivity contribution in [1.82, 2.24) is 30.1 Å². The number of hydrogen-bond acceptors (Lipinski definition) is 5. The molecule has 0 aromatic carbocycles. The minimum Gasteiger partial charge on any atom is -0.312 e. The number of ketones is 1. The van der Waals surface area contributed by atoms with Crippen LogP contribution in [-0.2, 0) is 6.42 Å². The highest BCUT2D eigenvalue weighted by Crippen LogP contribution is 2.13. The summed E-state index contributed by atoms with van der Waals surface area (Å²) in [5.41, 5.74) is 1.19. The third kappa shape index (κ3) is 2.87. The first-order valence-electron chi connectivity index (χ1n) is 7.37. The second-order valence-electron chi connectivity index (χ2n) is 5.54. The maximum absolute atomic E-state index is 12.2. The van der Waals surface area contributed by atoms with E-state index in [1.54, 1.807) is 10.9 Å². The van der Waals surface area contributed by atoms with E-state index in [9.17, 15) is 4.79 Å². The molecule has 7 heteroatoms. The van der Waals surface area contributed by atoms with Crippen LogP contribution in [0, 0.1) is 0 Å². The molecule has 0 radical (unpaired) electrons. The molecule has 1 aliphatic heterocycles. The zero-order valence-corrected chi connectivity index (χ0v) is 12.4. The van der Waals surface area contributed by atoms with E-state index in [1.165, 1.54) is 0 Å². The van der Waals surface area contributed by atoms with Gasteiger partial charge >= 0.3 is 0 Å². The third-order valence-corrected chi connectivity index (χ3v) is 3.98. The van der Waals surface area contributed by atoms with Crippen molar-refractivity contribution in [2.75, 3.05) is 13.1 Å². The Labute approximate surface area is 123 Å². The van der Waals surface area contributed by atoms with Crippen molar-refractivity contribution in [1.29, 1.82) is 0 Å². The Balaban J connectivity index is 1.65. The number of Topliss-reactive ketones (excluding diaryl/α,β-unsaturated/α-hetero) is 1. The van der Waals surface area contributed by atoms with E-state index in [0.29, 0.717) is 17.8 Å². The lowest BCUT2D eigenvalue weighted by Crippen LogP contribution is -2.43. The maximum Gasteiger partial charge on any atom is 0.190 e. The fourth-order valence-electron chi connectivity index (χ4n) is 2.20. The highest BCUT2D eigenvalue weighted by molar-refractivity contribution is 5.95. The van der Waals surface area contributed by atoms with E-state index in [4.69, 9.17) is 0 Å². The van der Waals surface area contributed by atoms with Gasteiger partial charge in [0, 0.05) is 25.3 Å². The van der Waals surface area contributed by atoms with Crippen molar-refractivity contribution in [3.8, 4) is 0 Å². The normalized spacial score (nSPS) is 16.7.